The van der Waals surface area contributed by atoms with E-state index in [0.717, 1.165) is 16.6 Å². The Morgan fingerprint density at radius 3 is 2.57 bits per heavy atom. The molecule has 0 saturated heterocycles. The molecular formula is C16H11ClN2OS. The number of H-pyrrole nitrogens is 1. The first-order valence-corrected chi connectivity index (χ1v) is 7.11. The quantitative estimate of drug-likeness (QED) is 0.704. The molecule has 2 N–H and O–H groups in total. The van der Waals surface area contributed by atoms with Gasteiger partial charge in [-0.2, -0.15) is 0 Å². The second-order valence-corrected chi connectivity index (χ2v) is 5.41. The number of aromatic amines is 1. The summed E-state index contributed by atoms with van der Waals surface area (Å²) in [5.41, 5.74) is 1.82. The van der Waals surface area contributed by atoms with Gasteiger partial charge < -0.3 is 10.3 Å². The molecular weight excluding hydrogens is 304 g/mol. The van der Waals surface area contributed by atoms with Gasteiger partial charge in [-0.15, -0.1) is 0 Å². The second kappa shape index (κ2) is 5.68. The zero-order valence-corrected chi connectivity index (χ0v) is 12.5. The molecule has 0 amide bonds. The van der Waals surface area contributed by atoms with E-state index < -0.39 is 0 Å². The van der Waals surface area contributed by atoms with Gasteiger partial charge in [0.2, 0.25) is 0 Å². The number of thiocarbonyl (C=S) groups is 1. The smallest absolute Gasteiger partial charge is 0.258 e. The molecule has 3 nitrogen and oxygen atoms in total. The van der Waals surface area contributed by atoms with Crippen LogP contribution in [0.5, 0.6) is 0 Å². The third kappa shape index (κ3) is 2.96. The molecule has 1 heterocycles. The van der Waals surface area contributed by atoms with Crippen molar-refractivity contribution in [1.29, 1.82) is 0 Å². The van der Waals surface area contributed by atoms with Gasteiger partial charge in [-0.1, -0.05) is 42.0 Å². The number of para-hydroxylation sites is 1. The Hall–Kier alpha value is -2.17. The molecule has 5 heteroatoms. The zero-order chi connectivity index (χ0) is 14.8. The molecule has 0 bridgehead atoms. The van der Waals surface area contributed by atoms with Crippen molar-refractivity contribution in [3.8, 4) is 0 Å². The first-order valence-electron chi connectivity index (χ1n) is 6.32. The van der Waals surface area contributed by atoms with Gasteiger partial charge in [-0.3, -0.25) is 4.79 Å². The highest BCUT2D eigenvalue weighted by Gasteiger charge is 2.08. The molecule has 0 aliphatic carbocycles. The molecule has 0 fully saturated rings. The van der Waals surface area contributed by atoms with Crippen LogP contribution in [-0.2, 0) is 0 Å². The predicted octanol–water partition coefficient (Wildman–Crippen LogP) is 3.97. The highest BCUT2D eigenvalue weighted by Crippen LogP contribution is 2.15. The van der Waals surface area contributed by atoms with Crippen molar-refractivity contribution in [3.05, 3.63) is 75.5 Å². The Kier molecular flexibility index (Phi) is 3.73. The van der Waals surface area contributed by atoms with E-state index in [0.29, 0.717) is 15.6 Å². The molecule has 0 radical (unpaired) electrons. The van der Waals surface area contributed by atoms with Crippen molar-refractivity contribution >= 4 is 45.4 Å². The van der Waals surface area contributed by atoms with Gasteiger partial charge in [0, 0.05) is 16.2 Å². The van der Waals surface area contributed by atoms with Crippen LogP contribution in [0.2, 0.25) is 5.02 Å². The van der Waals surface area contributed by atoms with Gasteiger partial charge >= 0.3 is 0 Å². The van der Waals surface area contributed by atoms with E-state index in [1.54, 1.807) is 18.2 Å². The first-order chi connectivity index (χ1) is 10.1. The fourth-order valence-electron chi connectivity index (χ4n) is 2.05. The first kappa shape index (κ1) is 13.8. The minimum absolute atomic E-state index is 0.208. The minimum atomic E-state index is -0.208. The van der Waals surface area contributed by atoms with Crippen molar-refractivity contribution in [1.82, 2.24) is 4.98 Å². The molecule has 2 aromatic carbocycles. The standard InChI is InChI=1S/C16H11ClN2OS/c17-11-5-7-12(8-6-11)18-16(21)13-9-10-3-1-2-4-14(10)19-15(13)20/h1-9H,(H,18,21)(H,19,20). The summed E-state index contributed by atoms with van der Waals surface area (Å²) in [7, 11) is 0. The maximum absolute atomic E-state index is 12.1. The lowest BCUT2D eigenvalue weighted by Crippen LogP contribution is -2.22. The number of pyridine rings is 1. The van der Waals surface area contributed by atoms with E-state index in [9.17, 15) is 4.79 Å². The van der Waals surface area contributed by atoms with Crippen molar-refractivity contribution in [2.24, 2.45) is 0 Å². The summed E-state index contributed by atoms with van der Waals surface area (Å²) in [4.78, 5) is 15.3. The number of halogens is 1. The molecule has 0 atom stereocenters. The third-order valence-electron chi connectivity index (χ3n) is 3.10. The van der Waals surface area contributed by atoms with E-state index >= 15 is 0 Å². The third-order valence-corrected chi connectivity index (χ3v) is 3.67. The Bertz CT molecular complexity index is 871. The average Bonchev–Trinajstić information content (AvgIpc) is 2.49. The lowest BCUT2D eigenvalue weighted by Gasteiger charge is -2.08. The van der Waals surface area contributed by atoms with E-state index in [1.807, 2.05) is 36.4 Å². The molecule has 3 rings (SSSR count). The maximum atomic E-state index is 12.1. The highest BCUT2D eigenvalue weighted by molar-refractivity contribution is 7.81. The molecule has 1 aromatic heterocycles. The lowest BCUT2D eigenvalue weighted by atomic mass is 10.1. The lowest BCUT2D eigenvalue weighted by molar-refractivity contribution is 1.29. The molecule has 21 heavy (non-hydrogen) atoms. The van der Waals surface area contributed by atoms with Crippen LogP contribution in [0.15, 0.2) is 59.4 Å². The summed E-state index contributed by atoms with van der Waals surface area (Å²) in [6.07, 6.45) is 0. The molecule has 0 aliphatic rings. The molecule has 0 saturated carbocycles. The Morgan fingerprint density at radius 1 is 1.10 bits per heavy atom. The Morgan fingerprint density at radius 2 is 1.81 bits per heavy atom. The summed E-state index contributed by atoms with van der Waals surface area (Å²) in [5, 5.41) is 4.63. The van der Waals surface area contributed by atoms with E-state index in [4.69, 9.17) is 23.8 Å². The summed E-state index contributed by atoms with van der Waals surface area (Å²) in [6, 6.07) is 16.5. The fourth-order valence-corrected chi connectivity index (χ4v) is 2.44. The van der Waals surface area contributed by atoms with Crippen molar-refractivity contribution in [3.63, 3.8) is 0 Å². The minimum Gasteiger partial charge on any atom is -0.346 e. The largest absolute Gasteiger partial charge is 0.346 e. The van der Waals surface area contributed by atoms with Crippen LogP contribution in [0.1, 0.15) is 5.56 Å². The van der Waals surface area contributed by atoms with Crippen LogP contribution >= 0.6 is 23.8 Å². The highest BCUT2D eigenvalue weighted by atomic mass is 35.5. The van der Waals surface area contributed by atoms with Crippen molar-refractivity contribution < 1.29 is 0 Å². The second-order valence-electron chi connectivity index (χ2n) is 4.56. The van der Waals surface area contributed by atoms with Gasteiger partial charge in [0.1, 0.15) is 4.99 Å². The Labute approximate surface area is 131 Å². The number of hydrogen-bond donors (Lipinski definition) is 2. The van der Waals surface area contributed by atoms with Crippen LogP contribution < -0.4 is 10.9 Å². The number of anilines is 1. The molecule has 104 valence electrons. The van der Waals surface area contributed by atoms with Gasteiger partial charge in [0.05, 0.1) is 5.56 Å². The van der Waals surface area contributed by atoms with Crippen LogP contribution in [0.4, 0.5) is 5.69 Å². The summed E-state index contributed by atoms with van der Waals surface area (Å²) in [6.45, 7) is 0. The topological polar surface area (TPSA) is 44.9 Å². The van der Waals surface area contributed by atoms with Crippen LogP contribution in [-0.4, -0.2) is 9.97 Å². The number of fused-ring (bicyclic) bond motifs is 1. The SMILES string of the molecule is O=c1[nH]c2ccccc2cc1C(=S)Nc1ccc(Cl)cc1. The van der Waals surface area contributed by atoms with E-state index in [2.05, 4.69) is 10.3 Å². The number of rotatable bonds is 2. The monoisotopic (exact) mass is 314 g/mol. The summed E-state index contributed by atoms with van der Waals surface area (Å²) < 4.78 is 0. The predicted molar refractivity (Wildman–Crippen MR) is 91.3 cm³/mol. The van der Waals surface area contributed by atoms with E-state index in [-0.39, 0.29) is 5.56 Å². The normalized spacial score (nSPS) is 10.5. The number of hydrogen-bond acceptors (Lipinski definition) is 2. The van der Waals surface area contributed by atoms with Crippen LogP contribution in [0, 0.1) is 0 Å². The van der Waals surface area contributed by atoms with Crippen LogP contribution in [0.25, 0.3) is 10.9 Å². The number of nitrogens with one attached hydrogen (secondary N) is 2. The number of aromatic nitrogens is 1. The maximum Gasteiger partial charge on any atom is 0.258 e. The van der Waals surface area contributed by atoms with Gasteiger partial charge in [-0.05, 0) is 41.8 Å². The van der Waals surface area contributed by atoms with Gasteiger partial charge in [0.25, 0.3) is 5.56 Å². The summed E-state index contributed by atoms with van der Waals surface area (Å²) in [5.74, 6) is 0. The molecule has 0 spiro atoms. The van der Waals surface area contributed by atoms with Crippen LogP contribution in [0.3, 0.4) is 0 Å². The number of benzene rings is 2. The van der Waals surface area contributed by atoms with Gasteiger partial charge in [-0.25, -0.2) is 0 Å². The zero-order valence-electron chi connectivity index (χ0n) is 10.9. The van der Waals surface area contributed by atoms with Gasteiger partial charge in [0.15, 0.2) is 0 Å². The van der Waals surface area contributed by atoms with Crippen molar-refractivity contribution in [2.75, 3.05) is 5.32 Å². The fraction of sp³-hybridized carbons (Fsp3) is 0. The molecule has 0 unspecified atom stereocenters. The van der Waals surface area contributed by atoms with E-state index in [1.165, 1.54) is 0 Å². The molecule has 3 aromatic rings. The summed E-state index contributed by atoms with van der Waals surface area (Å²) >= 11 is 11.2. The average molecular weight is 315 g/mol. The molecule has 0 aliphatic heterocycles. The van der Waals surface area contributed by atoms with Crippen molar-refractivity contribution in [2.45, 2.75) is 0 Å². The Balaban J connectivity index is 1.95.